The lowest BCUT2D eigenvalue weighted by atomic mass is 9.84. The van der Waals surface area contributed by atoms with Crippen LogP contribution in [0, 0.1) is 0 Å². The number of halogens is 2. The highest BCUT2D eigenvalue weighted by atomic mass is 35.5. The number of benzene rings is 1. The molecule has 1 aromatic rings. The zero-order chi connectivity index (χ0) is 15.7. The molecule has 0 unspecified atom stereocenters. The summed E-state index contributed by atoms with van der Waals surface area (Å²) in [7, 11) is -3.73. The summed E-state index contributed by atoms with van der Waals surface area (Å²) in [6.07, 6.45) is 4.85. The van der Waals surface area contributed by atoms with E-state index < -0.39 is 15.6 Å². The molecule has 21 heavy (non-hydrogen) atoms. The van der Waals surface area contributed by atoms with Gasteiger partial charge in [0.05, 0.1) is 5.02 Å². The third-order valence-electron chi connectivity index (χ3n) is 3.93. The lowest BCUT2D eigenvalue weighted by molar-refractivity contribution is 0.294. The number of sulfonamides is 1. The molecule has 0 heterocycles. The average molecular weight is 351 g/mol. The predicted octanol–water partition coefficient (Wildman–Crippen LogP) is 3.45. The minimum absolute atomic E-state index is 0.00363. The first-order valence-corrected chi connectivity index (χ1v) is 9.23. The molecular formula is C14H20Cl2N2O2S. The van der Waals surface area contributed by atoms with Gasteiger partial charge in [0.1, 0.15) is 4.90 Å². The van der Waals surface area contributed by atoms with Gasteiger partial charge in [-0.05, 0) is 37.5 Å². The van der Waals surface area contributed by atoms with E-state index in [2.05, 4.69) is 4.72 Å². The summed E-state index contributed by atoms with van der Waals surface area (Å²) in [5.41, 5.74) is 5.68. The summed E-state index contributed by atoms with van der Waals surface area (Å²) in [6, 6.07) is 2.96. The standard InChI is InChI=1S/C14H20Cl2N2O2S/c1-14(5-3-2-4-6-14)18-21(19,20)12-8-11(15)7-10(9-17)13(12)16/h7-8,18H,2-6,9,17H2,1H3. The minimum atomic E-state index is -3.73. The fourth-order valence-corrected chi connectivity index (χ4v) is 5.18. The van der Waals surface area contributed by atoms with Crippen molar-refractivity contribution in [3.63, 3.8) is 0 Å². The second kappa shape index (κ2) is 6.42. The summed E-state index contributed by atoms with van der Waals surface area (Å²) in [6.45, 7) is 2.07. The second-order valence-corrected chi connectivity index (χ2v) is 8.27. The molecule has 3 N–H and O–H groups in total. The van der Waals surface area contributed by atoms with Crippen LogP contribution in [0.15, 0.2) is 17.0 Å². The SMILES string of the molecule is CC1(NS(=O)(=O)c2cc(Cl)cc(CN)c2Cl)CCCCC1. The molecule has 0 aliphatic heterocycles. The first kappa shape index (κ1) is 17.0. The smallest absolute Gasteiger partial charge is 0.242 e. The third-order valence-corrected chi connectivity index (χ3v) is 6.37. The number of hydrogen-bond acceptors (Lipinski definition) is 3. The maximum atomic E-state index is 12.7. The van der Waals surface area contributed by atoms with Crippen LogP contribution < -0.4 is 10.5 Å². The summed E-state index contributed by atoms with van der Waals surface area (Å²) in [5, 5.41) is 0.461. The summed E-state index contributed by atoms with van der Waals surface area (Å²) >= 11 is 12.1. The first-order chi connectivity index (χ1) is 9.77. The van der Waals surface area contributed by atoms with Crippen LogP contribution in [0.1, 0.15) is 44.6 Å². The largest absolute Gasteiger partial charge is 0.326 e. The minimum Gasteiger partial charge on any atom is -0.326 e. The fourth-order valence-electron chi connectivity index (χ4n) is 2.78. The van der Waals surface area contributed by atoms with Crippen molar-refractivity contribution >= 4 is 33.2 Å². The van der Waals surface area contributed by atoms with E-state index in [1.165, 1.54) is 6.07 Å². The van der Waals surface area contributed by atoms with Crippen molar-refractivity contribution < 1.29 is 8.42 Å². The average Bonchev–Trinajstić information content (AvgIpc) is 2.40. The normalized spacial score (nSPS) is 18.7. The number of nitrogens with two attached hydrogens (primary N) is 1. The Labute approximate surface area is 136 Å². The van der Waals surface area contributed by atoms with Crippen molar-refractivity contribution in [3.05, 3.63) is 27.7 Å². The topological polar surface area (TPSA) is 72.2 Å². The van der Waals surface area contributed by atoms with Gasteiger partial charge in [0.15, 0.2) is 0 Å². The fraction of sp³-hybridized carbons (Fsp3) is 0.571. The maximum absolute atomic E-state index is 12.7. The van der Waals surface area contributed by atoms with E-state index in [-0.39, 0.29) is 16.5 Å². The Balaban J connectivity index is 2.38. The molecule has 1 saturated carbocycles. The van der Waals surface area contributed by atoms with Crippen LogP contribution in [-0.2, 0) is 16.6 Å². The molecule has 0 spiro atoms. The van der Waals surface area contributed by atoms with Crippen molar-refractivity contribution in [3.8, 4) is 0 Å². The Morgan fingerprint density at radius 2 is 1.86 bits per heavy atom. The zero-order valence-electron chi connectivity index (χ0n) is 12.0. The summed E-state index contributed by atoms with van der Waals surface area (Å²) in [4.78, 5) is 0.00363. The second-order valence-electron chi connectivity index (χ2n) is 5.81. The molecule has 0 bridgehead atoms. The van der Waals surface area contributed by atoms with Gasteiger partial charge in [-0.15, -0.1) is 0 Å². The summed E-state index contributed by atoms with van der Waals surface area (Å²) < 4.78 is 28.1. The van der Waals surface area contributed by atoms with Gasteiger partial charge >= 0.3 is 0 Å². The van der Waals surface area contributed by atoms with E-state index in [9.17, 15) is 8.42 Å². The van der Waals surface area contributed by atoms with E-state index in [0.717, 1.165) is 32.1 Å². The number of hydrogen-bond donors (Lipinski definition) is 2. The molecule has 0 amide bonds. The van der Waals surface area contributed by atoms with Crippen LogP contribution in [0.2, 0.25) is 10.0 Å². The van der Waals surface area contributed by atoms with E-state index in [1.807, 2.05) is 6.92 Å². The van der Waals surface area contributed by atoms with Crippen molar-refractivity contribution in [2.24, 2.45) is 5.73 Å². The van der Waals surface area contributed by atoms with Gasteiger partial charge in [-0.25, -0.2) is 13.1 Å². The van der Waals surface area contributed by atoms with Gasteiger partial charge < -0.3 is 5.73 Å². The Morgan fingerprint density at radius 3 is 2.43 bits per heavy atom. The molecule has 118 valence electrons. The van der Waals surface area contributed by atoms with Gasteiger partial charge in [-0.1, -0.05) is 42.5 Å². The van der Waals surface area contributed by atoms with Gasteiger partial charge in [0.2, 0.25) is 10.0 Å². The molecule has 0 radical (unpaired) electrons. The molecule has 1 fully saturated rings. The summed E-state index contributed by atoms with van der Waals surface area (Å²) in [5.74, 6) is 0. The van der Waals surface area contributed by atoms with Crippen molar-refractivity contribution in [1.82, 2.24) is 4.72 Å². The Kier molecular flexibility index (Phi) is 5.21. The molecule has 1 aromatic carbocycles. The van der Waals surface area contributed by atoms with Crippen LogP contribution in [-0.4, -0.2) is 14.0 Å². The molecule has 2 rings (SSSR count). The molecule has 0 atom stereocenters. The maximum Gasteiger partial charge on any atom is 0.242 e. The lowest BCUT2D eigenvalue weighted by Gasteiger charge is -2.34. The highest BCUT2D eigenvalue weighted by Crippen LogP contribution is 2.33. The molecular weight excluding hydrogens is 331 g/mol. The highest BCUT2D eigenvalue weighted by Gasteiger charge is 2.33. The Morgan fingerprint density at radius 1 is 1.24 bits per heavy atom. The zero-order valence-corrected chi connectivity index (χ0v) is 14.3. The lowest BCUT2D eigenvalue weighted by Crippen LogP contribution is -2.47. The Bertz CT molecular complexity index is 626. The van der Waals surface area contributed by atoms with Crippen LogP contribution in [0.4, 0.5) is 0 Å². The molecule has 0 saturated heterocycles. The van der Waals surface area contributed by atoms with E-state index in [1.54, 1.807) is 6.07 Å². The molecule has 0 aromatic heterocycles. The van der Waals surface area contributed by atoms with Gasteiger partial charge in [-0.3, -0.25) is 0 Å². The quantitative estimate of drug-likeness (QED) is 0.873. The molecule has 4 nitrogen and oxygen atoms in total. The number of nitrogens with one attached hydrogen (secondary N) is 1. The predicted molar refractivity (Wildman–Crippen MR) is 86.2 cm³/mol. The van der Waals surface area contributed by atoms with Crippen LogP contribution in [0.25, 0.3) is 0 Å². The van der Waals surface area contributed by atoms with Crippen molar-refractivity contribution in [1.29, 1.82) is 0 Å². The molecule has 1 aliphatic rings. The Hall–Kier alpha value is -0.330. The van der Waals surface area contributed by atoms with Crippen molar-refractivity contribution in [2.45, 2.75) is 56.0 Å². The highest BCUT2D eigenvalue weighted by molar-refractivity contribution is 7.89. The van der Waals surface area contributed by atoms with E-state index in [4.69, 9.17) is 28.9 Å². The van der Waals surface area contributed by atoms with E-state index >= 15 is 0 Å². The monoisotopic (exact) mass is 350 g/mol. The van der Waals surface area contributed by atoms with Gasteiger partial charge in [-0.2, -0.15) is 0 Å². The van der Waals surface area contributed by atoms with Crippen LogP contribution in [0.5, 0.6) is 0 Å². The van der Waals surface area contributed by atoms with Crippen LogP contribution >= 0.6 is 23.2 Å². The molecule has 1 aliphatic carbocycles. The first-order valence-electron chi connectivity index (χ1n) is 6.99. The molecule has 7 heteroatoms. The van der Waals surface area contributed by atoms with Gasteiger partial charge in [0, 0.05) is 17.1 Å². The van der Waals surface area contributed by atoms with E-state index in [0.29, 0.717) is 10.6 Å². The van der Waals surface area contributed by atoms with Gasteiger partial charge in [0.25, 0.3) is 0 Å². The van der Waals surface area contributed by atoms with Crippen molar-refractivity contribution in [2.75, 3.05) is 0 Å². The van der Waals surface area contributed by atoms with Crippen LogP contribution in [0.3, 0.4) is 0 Å². The number of rotatable bonds is 4. The third kappa shape index (κ3) is 3.90.